The Morgan fingerprint density at radius 1 is 1.05 bits per heavy atom. The Morgan fingerprint density at radius 3 is 2.05 bits per heavy atom. The molecule has 2 aliphatic rings. The van der Waals surface area contributed by atoms with Crippen molar-refractivity contribution in [2.45, 2.75) is 86.7 Å². The molecule has 21 heavy (non-hydrogen) atoms. The number of carbonyl (C=O) groups is 1. The summed E-state index contributed by atoms with van der Waals surface area (Å²) in [4.78, 5) is 13.0. The average molecular weight is 294 g/mol. The lowest BCUT2D eigenvalue weighted by Crippen LogP contribution is -2.50. The van der Waals surface area contributed by atoms with Gasteiger partial charge in [-0.15, -0.1) is 0 Å². The number of ether oxygens (including phenoxy) is 1. The summed E-state index contributed by atoms with van der Waals surface area (Å²) in [5.41, 5.74) is -0.470. The molecule has 122 valence electrons. The Morgan fingerprint density at radius 2 is 1.67 bits per heavy atom. The van der Waals surface area contributed by atoms with Gasteiger partial charge in [0.2, 0.25) is 0 Å². The van der Waals surface area contributed by atoms with Crippen LogP contribution in [0.25, 0.3) is 0 Å². The Kier molecular flexibility index (Phi) is 4.23. The minimum atomic E-state index is -0.424. The second-order valence-corrected chi connectivity index (χ2v) is 9.18. The van der Waals surface area contributed by atoms with Gasteiger partial charge in [0.1, 0.15) is 6.10 Å². The van der Waals surface area contributed by atoms with Crippen molar-refractivity contribution in [3.05, 3.63) is 0 Å². The topological polar surface area (TPSA) is 26.3 Å². The van der Waals surface area contributed by atoms with Gasteiger partial charge in [-0.25, -0.2) is 0 Å². The van der Waals surface area contributed by atoms with Crippen molar-refractivity contribution in [2.75, 3.05) is 0 Å². The van der Waals surface area contributed by atoms with Crippen LogP contribution in [0, 0.1) is 28.1 Å². The largest absolute Gasteiger partial charge is 0.462 e. The highest BCUT2D eigenvalue weighted by atomic mass is 16.5. The molecule has 2 heteroatoms. The van der Waals surface area contributed by atoms with Crippen molar-refractivity contribution in [3.8, 4) is 0 Å². The van der Waals surface area contributed by atoms with E-state index >= 15 is 0 Å². The zero-order chi connectivity index (χ0) is 16.1. The molecule has 0 aliphatic heterocycles. The molecule has 2 bridgehead atoms. The predicted octanol–water partition coefficient (Wildman–Crippen LogP) is 5.21. The molecule has 0 aromatic carbocycles. The highest BCUT2D eigenvalue weighted by Gasteiger charge is 2.54. The molecule has 2 fully saturated rings. The second-order valence-electron chi connectivity index (χ2n) is 9.18. The van der Waals surface area contributed by atoms with Gasteiger partial charge in [-0.1, -0.05) is 41.5 Å². The van der Waals surface area contributed by atoms with Crippen molar-refractivity contribution >= 4 is 5.97 Å². The number of hydrogen-bond donors (Lipinski definition) is 0. The lowest BCUT2D eigenvalue weighted by atomic mass is 9.54. The summed E-state index contributed by atoms with van der Waals surface area (Å²) in [6.07, 6.45) is 6.01. The van der Waals surface area contributed by atoms with Crippen molar-refractivity contribution in [2.24, 2.45) is 28.1 Å². The average Bonchev–Trinajstić information content (AvgIpc) is 2.98. The van der Waals surface area contributed by atoms with Crippen molar-refractivity contribution in [1.29, 1.82) is 0 Å². The molecular formula is C19H34O2. The van der Waals surface area contributed by atoms with Gasteiger partial charge in [0.05, 0.1) is 5.41 Å². The predicted molar refractivity (Wildman–Crippen MR) is 87.0 cm³/mol. The number of carbonyl (C=O) groups excluding carboxylic acids is 1. The van der Waals surface area contributed by atoms with Gasteiger partial charge >= 0.3 is 5.97 Å². The molecule has 0 spiro atoms. The van der Waals surface area contributed by atoms with Crippen LogP contribution in [0.2, 0.25) is 0 Å². The summed E-state index contributed by atoms with van der Waals surface area (Å²) in [5.74, 6) is 1.48. The minimum Gasteiger partial charge on any atom is -0.462 e. The number of hydrogen-bond acceptors (Lipinski definition) is 2. The molecule has 0 N–H and O–H groups in total. The fraction of sp³-hybridized carbons (Fsp3) is 0.947. The van der Waals surface area contributed by atoms with Gasteiger partial charge in [0, 0.05) is 0 Å². The third-order valence-corrected chi connectivity index (χ3v) is 7.34. The summed E-state index contributed by atoms with van der Waals surface area (Å²) < 4.78 is 6.04. The fourth-order valence-electron chi connectivity index (χ4n) is 4.27. The molecule has 0 heterocycles. The zero-order valence-electron chi connectivity index (χ0n) is 15.1. The van der Waals surface area contributed by atoms with E-state index in [4.69, 9.17) is 4.74 Å². The molecule has 4 atom stereocenters. The molecule has 0 saturated heterocycles. The maximum Gasteiger partial charge on any atom is 0.312 e. The van der Waals surface area contributed by atoms with Gasteiger partial charge in [0.25, 0.3) is 0 Å². The minimum absolute atomic E-state index is 0.0301. The van der Waals surface area contributed by atoms with Crippen LogP contribution in [-0.2, 0) is 9.53 Å². The summed E-state index contributed by atoms with van der Waals surface area (Å²) in [5, 5.41) is 0. The van der Waals surface area contributed by atoms with Gasteiger partial charge in [-0.05, 0) is 61.7 Å². The first-order chi connectivity index (χ1) is 9.53. The second kappa shape index (κ2) is 5.28. The molecule has 2 aliphatic carbocycles. The van der Waals surface area contributed by atoms with Crippen molar-refractivity contribution in [3.63, 3.8) is 0 Å². The molecule has 0 aromatic heterocycles. The highest BCUT2D eigenvalue weighted by molar-refractivity contribution is 5.77. The van der Waals surface area contributed by atoms with Crippen molar-refractivity contribution < 1.29 is 9.53 Å². The SMILES string of the molecule is CCC(C)(C(=O)OC1CC2CCC1C2)C(C)(C)C(C)(C)C. The van der Waals surface area contributed by atoms with E-state index in [1.165, 1.54) is 19.3 Å². The van der Waals surface area contributed by atoms with Crippen molar-refractivity contribution in [1.82, 2.24) is 0 Å². The molecule has 2 saturated carbocycles. The maximum atomic E-state index is 13.0. The lowest BCUT2D eigenvalue weighted by Gasteiger charge is -2.50. The zero-order valence-corrected chi connectivity index (χ0v) is 15.1. The van der Waals surface area contributed by atoms with E-state index < -0.39 is 5.41 Å². The van der Waals surface area contributed by atoms with E-state index in [0.29, 0.717) is 5.92 Å². The Bertz CT molecular complexity index is 404. The van der Waals surface area contributed by atoms with Crippen LogP contribution in [0.15, 0.2) is 0 Å². The summed E-state index contributed by atoms with van der Waals surface area (Å²) in [7, 11) is 0. The third-order valence-electron chi connectivity index (χ3n) is 7.34. The molecule has 2 nitrogen and oxygen atoms in total. The quantitative estimate of drug-likeness (QED) is 0.666. The van der Waals surface area contributed by atoms with E-state index in [1.54, 1.807) is 0 Å². The highest BCUT2D eigenvalue weighted by Crippen LogP contribution is 2.54. The van der Waals surface area contributed by atoms with E-state index in [2.05, 4.69) is 48.5 Å². The Hall–Kier alpha value is -0.530. The monoisotopic (exact) mass is 294 g/mol. The fourth-order valence-corrected chi connectivity index (χ4v) is 4.27. The summed E-state index contributed by atoms with van der Waals surface area (Å²) >= 11 is 0. The first-order valence-corrected chi connectivity index (χ1v) is 8.74. The molecule has 4 unspecified atom stereocenters. The van der Waals surface area contributed by atoms with Crippen LogP contribution in [0.3, 0.4) is 0 Å². The number of rotatable bonds is 4. The van der Waals surface area contributed by atoms with Gasteiger partial charge in [-0.3, -0.25) is 4.79 Å². The van der Waals surface area contributed by atoms with Crippen LogP contribution in [0.1, 0.15) is 80.6 Å². The van der Waals surface area contributed by atoms with E-state index in [1.807, 2.05) is 0 Å². The molecule has 0 amide bonds. The van der Waals surface area contributed by atoms with Gasteiger partial charge in [-0.2, -0.15) is 0 Å². The number of fused-ring (bicyclic) bond motifs is 2. The Labute approximate surface area is 131 Å². The van der Waals surface area contributed by atoms with Crippen LogP contribution in [-0.4, -0.2) is 12.1 Å². The maximum absolute atomic E-state index is 13.0. The first-order valence-electron chi connectivity index (χ1n) is 8.74. The number of esters is 1. The lowest BCUT2D eigenvalue weighted by molar-refractivity contribution is -0.177. The summed E-state index contributed by atoms with van der Waals surface area (Å²) in [6.45, 7) is 15.4. The normalized spacial score (nSPS) is 32.0. The molecule has 0 radical (unpaired) electrons. The molecule has 2 rings (SSSR count). The molecular weight excluding hydrogens is 260 g/mol. The Balaban J connectivity index is 2.14. The van der Waals surface area contributed by atoms with Gasteiger partial charge < -0.3 is 4.74 Å². The van der Waals surface area contributed by atoms with Crippen LogP contribution in [0.4, 0.5) is 0 Å². The van der Waals surface area contributed by atoms with E-state index in [0.717, 1.165) is 18.8 Å². The third kappa shape index (κ3) is 2.64. The van der Waals surface area contributed by atoms with E-state index in [9.17, 15) is 4.79 Å². The molecule has 0 aromatic rings. The van der Waals surface area contributed by atoms with E-state index in [-0.39, 0.29) is 22.9 Å². The van der Waals surface area contributed by atoms with Gasteiger partial charge in [0.15, 0.2) is 0 Å². The van der Waals surface area contributed by atoms with Crippen LogP contribution < -0.4 is 0 Å². The standard InChI is InChI=1S/C19H34O2/c1-8-19(7,18(5,6)17(2,3)4)16(20)21-15-12-13-9-10-14(15)11-13/h13-15H,8-12H2,1-7H3. The first kappa shape index (κ1) is 16.8. The van der Waals surface area contributed by atoms with Crippen LogP contribution in [0.5, 0.6) is 0 Å². The summed E-state index contributed by atoms with van der Waals surface area (Å²) in [6, 6.07) is 0. The van der Waals surface area contributed by atoms with Crippen LogP contribution >= 0.6 is 0 Å². The smallest absolute Gasteiger partial charge is 0.312 e.